The number of nitrogens with one attached hydrogen (secondary N) is 1. The van der Waals surface area contributed by atoms with E-state index in [4.69, 9.17) is 5.11 Å². The molecule has 100 valence electrons. The summed E-state index contributed by atoms with van der Waals surface area (Å²) in [5.41, 5.74) is 2.88. The van der Waals surface area contributed by atoms with Gasteiger partial charge in [-0.3, -0.25) is 4.79 Å². The van der Waals surface area contributed by atoms with Gasteiger partial charge in [0.15, 0.2) is 0 Å². The Morgan fingerprint density at radius 3 is 2.28 bits per heavy atom. The van der Waals surface area contributed by atoms with E-state index in [0.29, 0.717) is 0 Å². The van der Waals surface area contributed by atoms with Crippen molar-refractivity contribution in [2.75, 3.05) is 6.54 Å². The average Bonchev–Trinajstić information content (AvgIpc) is 2.24. The third-order valence-electron chi connectivity index (χ3n) is 3.13. The van der Waals surface area contributed by atoms with Crippen LogP contribution in [0, 0.1) is 13.8 Å². The van der Waals surface area contributed by atoms with Crippen molar-refractivity contribution in [3.63, 3.8) is 0 Å². The summed E-state index contributed by atoms with van der Waals surface area (Å²) < 4.78 is 0. The number of carbonyl (C=O) groups is 1. The van der Waals surface area contributed by atoms with Crippen LogP contribution in [0.5, 0.6) is 0 Å². The van der Waals surface area contributed by atoms with Gasteiger partial charge in [-0.2, -0.15) is 0 Å². The SMILES string of the molecule is CCCNC(C)(CC(=O)O)c1cc(C)cc(C)c1. The highest BCUT2D eigenvalue weighted by molar-refractivity contribution is 5.69. The summed E-state index contributed by atoms with van der Waals surface area (Å²) in [6, 6.07) is 6.24. The maximum absolute atomic E-state index is 11.1. The molecule has 0 bridgehead atoms. The molecule has 0 radical (unpaired) electrons. The van der Waals surface area contributed by atoms with Gasteiger partial charge < -0.3 is 10.4 Å². The lowest BCUT2D eigenvalue weighted by Gasteiger charge is -2.30. The quantitative estimate of drug-likeness (QED) is 0.815. The molecule has 0 saturated heterocycles. The summed E-state index contributed by atoms with van der Waals surface area (Å²) in [5.74, 6) is -0.778. The summed E-state index contributed by atoms with van der Waals surface area (Å²) in [6.07, 6.45) is 1.08. The van der Waals surface area contributed by atoms with E-state index in [0.717, 1.165) is 18.5 Å². The van der Waals surface area contributed by atoms with E-state index >= 15 is 0 Å². The molecule has 3 nitrogen and oxygen atoms in total. The van der Waals surface area contributed by atoms with Crippen LogP contribution in [0.2, 0.25) is 0 Å². The van der Waals surface area contributed by atoms with Crippen molar-refractivity contribution in [3.8, 4) is 0 Å². The van der Waals surface area contributed by atoms with Gasteiger partial charge in [0.1, 0.15) is 0 Å². The first-order chi connectivity index (χ1) is 8.37. The predicted molar refractivity (Wildman–Crippen MR) is 73.8 cm³/mol. The molecule has 3 heteroatoms. The van der Waals surface area contributed by atoms with Crippen molar-refractivity contribution in [3.05, 3.63) is 34.9 Å². The van der Waals surface area contributed by atoms with Crippen LogP contribution in [0.4, 0.5) is 0 Å². The van der Waals surface area contributed by atoms with E-state index in [1.54, 1.807) is 0 Å². The molecule has 0 aliphatic heterocycles. The Bertz CT molecular complexity index is 408. The van der Waals surface area contributed by atoms with E-state index in [1.807, 2.05) is 20.8 Å². The summed E-state index contributed by atoms with van der Waals surface area (Å²) in [4.78, 5) is 11.1. The van der Waals surface area contributed by atoms with Crippen LogP contribution in [0.15, 0.2) is 18.2 Å². The van der Waals surface area contributed by atoms with Crippen molar-refractivity contribution in [2.24, 2.45) is 0 Å². The zero-order chi connectivity index (χ0) is 13.8. The molecule has 1 aromatic rings. The second-order valence-corrected chi connectivity index (χ2v) is 5.21. The average molecular weight is 249 g/mol. The first-order valence-electron chi connectivity index (χ1n) is 6.43. The van der Waals surface area contributed by atoms with Crippen molar-refractivity contribution >= 4 is 5.97 Å². The molecule has 18 heavy (non-hydrogen) atoms. The molecule has 1 rings (SSSR count). The molecule has 2 N–H and O–H groups in total. The number of carboxylic acids is 1. The first-order valence-corrected chi connectivity index (χ1v) is 6.43. The van der Waals surface area contributed by atoms with Crippen LogP contribution < -0.4 is 5.32 Å². The highest BCUT2D eigenvalue weighted by Gasteiger charge is 2.29. The standard InChI is InChI=1S/C15H23NO2/c1-5-6-16-15(4,10-14(17)18)13-8-11(2)7-12(3)9-13/h7-9,16H,5-6,10H2,1-4H3,(H,17,18). The van der Waals surface area contributed by atoms with Gasteiger partial charge in [0.2, 0.25) is 0 Å². The fraction of sp³-hybridized carbons (Fsp3) is 0.533. The number of carboxylic acid groups (broad SMARTS) is 1. The normalized spacial score (nSPS) is 14.2. The van der Waals surface area contributed by atoms with Gasteiger partial charge in [0.05, 0.1) is 12.0 Å². The molecule has 0 saturated carbocycles. The maximum atomic E-state index is 11.1. The summed E-state index contributed by atoms with van der Waals surface area (Å²) in [7, 11) is 0. The zero-order valence-corrected chi connectivity index (χ0v) is 11.7. The largest absolute Gasteiger partial charge is 0.481 e. The molecule has 0 aliphatic rings. The van der Waals surface area contributed by atoms with Gasteiger partial charge in [-0.1, -0.05) is 36.2 Å². The Morgan fingerprint density at radius 2 is 1.83 bits per heavy atom. The number of rotatable bonds is 6. The minimum atomic E-state index is -0.778. The Morgan fingerprint density at radius 1 is 1.28 bits per heavy atom. The van der Waals surface area contributed by atoms with Crippen LogP contribution in [0.1, 0.15) is 43.4 Å². The number of aliphatic carboxylic acids is 1. The van der Waals surface area contributed by atoms with Crippen molar-refractivity contribution in [2.45, 2.75) is 46.1 Å². The summed E-state index contributed by atoms with van der Waals surface area (Å²) in [5, 5.41) is 12.5. The second kappa shape index (κ2) is 6.01. The first kappa shape index (κ1) is 14.7. The lowest BCUT2D eigenvalue weighted by Crippen LogP contribution is -2.42. The number of aryl methyl sites for hydroxylation is 2. The van der Waals surface area contributed by atoms with Crippen LogP contribution in [0.25, 0.3) is 0 Å². The third kappa shape index (κ3) is 3.84. The number of benzene rings is 1. The molecule has 0 aliphatic carbocycles. The van der Waals surface area contributed by atoms with E-state index in [-0.39, 0.29) is 6.42 Å². The molecule has 0 fully saturated rings. The molecule has 0 spiro atoms. The lowest BCUT2D eigenvalue weighted by molar-refractivity contribution is -0.138. The van der Waals surface area contributed by atoms with Gasteiger partial charge in [0.25, 0.3) is 0 Å². The van der Waals surface area contributed by atoms with Crippen LogP contribution >= 0.6 is 0 Å². The van der Waals surface area contributed by atoms with E-state index in [1.165, 1.54) is 11.1 Å². The van der Waals surface area contributed by atoms with Crippen LogP contribution in [-0.2, 0) is 10.3 Å². The highest BCUT2D eigenvalue weighted by Crippen LogP contribution is 2.26. The Labute approximate surface area is 109 Å². The van der Waals surface area contributed by atoms with Gasteiger partial charge in [-0.25, -0.2) is 0 Å². The second-order valence-electron chi connectivity index (χ2n) is 5.21. The van der Waals surface area contributed by atoms with Crippen molar-refractivity contribution in [1.29, 1.82) is 0 Å². The smallest absolute Gasteiger partial charge is 0.305 e. The number of hydrogen-bond donors (Lipinski definition) is 2. The minimum absolute atomic E-state index is 0.0931. The summed E-state index contributed by atoms with van der Waals surface area (Å²) in [6.45, 7) is 8.94. The van der Waals surface area contributed by atoms with Crippen LogP contribution in [-0.4, -0.2) is 17.6 Å². The minimum Gasteiger partial charge on any atom is -0.481 e. The molecular weight excluding hydrogens is 226 g/mol. The van der Waals surface area contributed by atoms with E-state index < -0.39 is 11.5 Å². The van der Waals surface area contributed by atoms with Gasteiger partial charge in [-0.15, -0.1) is 0 Å². The van der Waals surface area contributed by atoms with Gasteiger partial charge in [-0.05, 0) is 39.3 Å². The monoisotopic (exact) mass is 249 g/mol. The lowest BCUT2D eigenvalue weighted by atomic mass is 9.86. The Kier molecular flexibility index (Phi) is 4.91. The fourth-order valence-electron chi connectivity index (χ4n) is 2.26. The molecule has 1 atom stereocenters. The topological polar surface area (TPSA) is 49.3 Å². The molecular formula is C15H23NO2. The summed E-state index contributed by atoms with van der Waals surface area (Å²) >= 11 is 0. The highest BCUT2D eigenvalue weighted by atomic mass is 16.4. The fourth-order valence-corrected chi connectivity index (χ4v) is 2.26. The zero-order valence-electron chi connectivity index (χ0n) is 11.7. The molecule has 0 aromatic heterocycles. The van der Waals surface area contributed by atoms with E-state index in [2.05, 4.69) is 30.4 Å². The van der Waals surface area contributed by atoms with Crippen molar-refractivity contribution in [1.82, 2.24) is 5.32 Å². The molecule has 0 heterocycles. The Balaban J connectivity index is 3.11. The molecule has 0 amide bonds. The number of hydrogen-bond acceptors (Lipinski definition) is 2. The third-order valence-corrected chi connectivity index (χ3v) is 3.13. The van der Waals surface area contributed by atoms with Crippen LogP contribution in [0.3, 0.4) is 0 Å². The van der Waals surface area contributed by atoms with Crippen molar-refractivity contribution < 1.29 is 9.90 Å². The Hall–Kier alpha value is -1.35. The predicted octanol–water partition coefficient (Wildman–Crippen LogP) is 2.99. The van der Waals surface area contributed by atoms with Gasteiger partial charge in [0, 0.05) is 0 Å². The molecule has 1 aromatic carbocycles. The maximum Gasteiger partial charge on any atom is 0.305 e. The van der Waals surface area contributed by atoms with Gasteiger partial charge >= 0.3 is 5.97 Å². The molecule has 1 unspecified atom stereocenters. The van der Waals surface area contributed by atoms with E-state index in [9.17, 15) is 4.79 Å².